The van der Waals surface area contributed by atoms with Crippen molar-refractivity contribution in [2.45, 2.75) is 11.8 Å². The summed E-state index contributed by atoms with van der Waals surface area (Å²) in [5, 5.41) is 4.05. The Morgan fingerprint density at radius 2 is 1.70 bits per heavy atom. The normalized spacial score (nSPS) is 12.0. The number of carbonyl (C=O) groups is 1. The third-order valence-electron chi connectivity index (χ3n) is 3.14. The highest BCUT2D eigenvalue weighted by Crippen LogP contribution is 2.15. The molecule has 2 aromatic rings. The van der Waals surface area contributed by atoms with Crippen molar-refractivity contribution in [2.24, 2.45) is 5.10 Å². The largest absolute Gasteiger partial charge is 0.272 e. The molecule has 0 saturated carbocycles. The highest BCUT2D eigenvalue weighted by molar-refractivity contribution is 9.10. The van der Waals surface area contributed by atoms with Crippen LogP contribution in [-0.2, 0) is 9.84 Å². The Kier molecular flexibility index (Phi) is 5.33. The van der Waals surface area contributed by atoms with E-state index in [2.05, 4.69) is 26.5 Å². The molecule has 0 radical (unpaired) electrons. The summed E-state index contributed by atoms with van der Waals surface area (Å²) in [6, 6.07) is 13.4. The van der Waals surface area contributed by atoms with Crippen molar-refractivity contribution >= 4 is 37.4 Å². The van der Waals surface area contributed by atoms with Crippen LogP contribution in [0.5, 0.6) is 0 Å². The average molecular weight is 395 g/mol. The monoisotopic (exact) mass is 394 g/mol. The molecule has 0 aliphatic rings. The van der Waals surface area contributed by atoms with Crippen molar-refractivity contribution in [3.63, 3.8) is 0 Å². The molecule has 2 rings (SSSR count). The van der Waals surface area contributed by atoms with E-state index in [-0.39, 0.29) is 10.8 Å². The van der Waals surface area contributed by atoms with E-state index >= 15 is 0 Å². The van der Waals surface area contributed by atoms with Gasteiger partial charge in [-0.25, -0.2) is 13.8 Å². The van der Waals surface area contributed by atoms with E-state index in [9.17, 15) is 13.2 Å². The highest BCUT2D eigenvalue weighted by atomic mass is 79.9. The van der Waals surface area contributed by atoms with Gasteiger partial charge in [0.25, 0.3) is 5.91 Å². The van der Waals surface area contributed by atoms with Crippen molar-refractivity contribution in [1.82, 2.24) is 5.43 Å². The minimum atomic E-state index is -3.23. The molecule has 0 heterocycles. The zero-order chi connectivity index (χ0) is 17.0. The molecule has 1 amide bonds. The van der Waals surface area contributed by atoms with Crippen LogP contribution in [0.2, 0.25) is 0 Å². The number of halogens is 1. The van der Waals surface area contributed by atoms with Crippen LogP contribution in [0.25, 0.3) is 0 Å². The molecule has 23 heavy (non-hydrogen) atoms. The molecule has 2 aromatic carbocycles. The van der Waals surface area contributed by atoms with Gasteiger partial charge >= 0.3 is 0 Å². The maximum atomic E-state index is 12.1. The number of nitrogens with one attached hydrogen (secondary N) is 1. The number of sulfone groups is 1. The number of rotatable bonds is 4. The van der Waals surface area contributed by atoms with Gasteiger partial charge in [-0.2, -0.15) is 5.10 Å². The van der Waals surface area contributed by atoms with Gasteiger partial charge in [-0.15, -0.1) is 0 Å². The van der Waals surface area contributed by atoms with Gasteiger partial charge in [-0.05, 0) is 52.7 Å². The van der Waals surface area contributed by atoms with Crippen molar-refractivity contribution in [3.05, 3.63) is 64.1 Å². The standard InChI is InChI=1S/C16H15BrN2O3S/c1-11(12-7-9-13(10-8-12)23(2,21)22)18-19-16(20)14-5-3-4-6-15(14)17/h3-10H,1-2H3,(H,19,20)/b18-11-. The summed E-state index contributed by atoms with van der Waals surface area (Å²) >= 11 is 3.31. The smallest absolute Gasteiger partial charge is 0.267 e. The molecule has 7 heteroatoms. The second kappa shape index (κ2) is 7.06. The Morgan fingerprint density at radius 1 is 1.09 bits per heavy atom. The van der Waals surface area contributed by atoms with Crippen LogP contribution in [0, 0.1) is 0 Å². The SMILES string of the molecule is C/C(=N/NC(=O)c1ccccc1Br)c1ccc(S(C)(=O)=O)cc1. The van der Waals surface area contributed by atoms with Gasteiger partial charge in [0.05, 0.1) is 16.2 Å². The van der Waals surface area contributed by atoms with Gasteiger partial charge in [0.15, 0.2) is 9.84 Å². The van der Waals surface area contributed by atoms with E-state index in [4.69, 9.17) is 0 Å². The summed E-state index contributed by atoms with van der Waals surface area (Å²) in [4.78, 5) is 12.3. The molecular weight excluding hydrogens is 380 g/mol. The summed E-state index contributed by atoms with van der Waals surface area (Å²) in [7, 11) is -3.23. The second-order valence-corrected chi connectivity index (χ2v) is 7.78. The maximum absolute atomic E-state index is 12.1. The molecule has 0 saturated heterocycles. The first-order chi connectivity index (χ1) is 10.8. The number of amides is 1. The predicted octanol–water partition coefficient (Wildman–Crippen LogP) is 3.01. The van der Waals surface area contributed by atoms with E-state index in [1.54, 1.807) is 37.3 Å². The quantitative estimate of drug-likeness (QED) is 0.639. The molecule has 1 N–H and O–H groups in total. The van der Waals surface area contributed by atoms with Gasteiger partial charge in [-0.3, -0.25) is 4.79 Å². The lowest BCUT2D eigenvalue weighted by Crippen LogP contribution is -2.19. The number of benzene rings is 2. The molecular formula is C16H15BrN2O3S. The van der Waals surface area contributed by atoms with Crippen molar-refractivity contribution in [2.75, 3.05) is 6.26 Å². The van der Waals surface area contributed by atoms with Gasteiger partial charge in [0.1, 0.15) is 0 Å². The molecule has 0 aromatic heterocycles. The number of hydrogen-bond acceptors (Lipinski definition) is 4. The topological polar surface area (TPSA) is 75.6 Å². The Balaban J connectivity index is 2.14. The number of hydrogen-bond donors (Lipinski definition) is 1. The summed E-state index contributed by atoms with van der Waals surface area (Å²) in [5.41, 5.74) is 4.27. The lowest BCUT2D eigenvalue weighted by atomic mass is 10.1. The summed E-state index contributed by atoms with van der Waals surface area (Å²) in [6.45, 7) is 1.73. The van der Waals surface area contributed by atoms with E-state index < -0.39 is 9.84 Å². The third-order valence-corrected chi connectivity index (χ3v) is 4.96. The molecule has 0 aliphatic heterocycles. The molecule has 5 nitrogen and oxygen atoms in total. The van der Waals surface area contributed by atoms with Gasteiger partial charge in [0.2, 0.25) is 0 Å². The lowest BCUT2D eigenvalue weighted by molar-refractivity contribution is 0.0954. The molecule has 0 unspecified atom stereocenters. The Bertz CT molecular complexity index is 859. The zero-order valence-electron chi connectivity index (χ0n) is 12.6. The van der Waals surface area contributed by atoms with E-state index in [1.165, 1.54) is 12.1 Å². The molecule has 0 bridgehead atoms. The Morgan fingerprint density at radius 3 is 2.26 bits per heavy atom. The summed E-state index contributed by atoms with van der Waals surface area (Å²) < 4.78 is 23.5. The average Bonchev–Trinajstić information content (AvgIpc) is 2.52. The van der Waals surface area contributed by atoms with Crippen LogP contribution in [0.3, 0.4) is 0 Å². The molecule has 120 valence electrons. The van der Waals surface area contributed by atoms with Crippen LogP contribution in [0.4, 0.5) is 0 Å². The Hall–Kier alpha value is -1.99. The maximum Gasteiger partial charge on any atom is 0.272 e. The zero-order valence-corrected chi connectivity index (χ0v) is 15.0. The Labute approximate surface area is 143 Å². The lowest BCUT2D eigenvalue weighted by Gasteiger charge is -2.05. The number of carbonyl (C=O) groups excluding carboxylic acids is 1. The first-order valence-electron chi connectivity index (χ1n) is 6.68. The number of nitrogens with zero attached hydrogens (tertiary/aromatic N) is 1. The third kappa shape index (κ3) is 4.49. The van der Waals surface area contributed by atoms with Crippen LogP contribution < -0.4 is 5.43 Å². The first kappa shape index (κ1) is 17.4. The fourth-order valence-electron chi connectivity index (χ4n) is 1.85. The minimum absolute atomic E-state index is 0.242. The fourth-order valence-corrected chi connectivity index (χ4v) is 2.94. The fraction of sp³-hybridized carbons (Fsp3) is 0.125. The van der Waals surface area contributed by atoms with Gasteiger partial charge in [-0.1, -0.05) is 24.3 Å². The van der Waals surface area contributed by atoms with Gasteiger partial charge in [0, 0.05) is 10.7 Å². The van der Waals surface area contributed by atoms with E-state index in [0.29, 0.717) is 15.7 Å². The van der Waals surface area contributed by atoms with Crippen molar-refractivity contribution < 1.29 is 13.2 Å². The highest BCUT2D eigenvalue weighted by Gasteiger charge is 2.09. The minimum Gasteiger partial charge on any atom is -0.267 e. The van der Waals surface area contributed by atoms with Gasteiger partial charge < -0.3 is 0 Å². The first-order valence-corrected chi connectivity index (χ1v) is 9.37. The number of hydrazone groups is 1. The van der Waals surface area contributed by atoms with E-state index in [0.717, 1.165) is 11.8 Å². The summed E-state index contributed by atoms with van der Waals surface area (Å²) in [6.07, 6.45) is 1.15. The molecule has 0 fully saturated rings. The van der Waals surface area contributed by atoms with Crippen LogP contribution >= 0.6 is 15.9 Å². The molecule has 0 atom stereocenters. The van der Waals surface area contributed by atoms with Crippen LogP contribution in [0.1, 0.15) is 22.8 Å². The van der Waals surface area contributed by atoms with Crippen LogP contribution in [0.15, 0.2) is 63.0 Å². The predicted molar refractivity (Wildman–Crippen MR) is 93.4 cm³/mol. The molecule has 0 aliphatic carbocycles. The molecule has 0 spiro atoms. The van der Waals surface area contributed by atoms with Crippen molar-refractivity contribution in [1.29, 1.82) is 0 Å². The van der Waals surface area contributed by atoms with Crippen LogP contribution in [-0.4, -0.2) is 26.3 Å². The van der Waals surface area contributed by atoms with Crippen molar-refractivity contribution in [3.8, 4) is 0 Å². The summed E-state index contributed by atoms with van der Waals surface area (Å²) in [5.74, 6) is -0.329. The van der Waals surface area contributed by atoms with E-state index in [1.807, 2.05) is 6.07 Å². The second-order valence-electron chi connectivity index (χ2n) is 4.91.